The van der Waals surface area contributed by atoms with E-state index in [2.05, 4.69) is 4.98 Å². The van der Waals surface area contributed by atoms with Crippen LogP contribution in [-0.4, -0.2) is 4.98 Å². The third-order valence-electron chi connectivity index (χ3n) is 1.87. The number of hydrogen-bond acceptors (Lipinski definition) is 3. The summed E-state index contributed by atoms with van der Waals surface area (Å²) in [5, 5.41) is 3.08. The van der Waals surface area contributed by atoms with Gasteiger partial charge >= 0.3 is 0 Å². The van der Waals surface area contributed by atoms with Gasteiger partial charge in [0.15, 0.2) is 0 Å². The van der Waals surface area contributed by atoms with Crippen LogP contribution in [0.1, 0.15) is 23.9 Å². The van der Waals surface area contributed by atoms with Gasteiger partial charge in [0.1, 0.15) is 5.01 Å². The van der Waals surface area contributed by atoms with Gasteiger partial charge in [0.05, 0.1) is 6.04 Å². The quantitative estimate of drug-likeness (QED) is 0.775. The van der Waals surface area contributed by atoms with Gasteiger partial charge in [0, 0.05) is 11.6 Å². The Labute approximate surface area is 76.2 Å². The Morgan fingerprint density at radius 1 is 1.64 bits per heavy atom. The molecule has 1 fully saturated rings. The number of halogens is 1. The van der Waals surface area contributed by atoms with Crippen LogP contribution in [0.3, 0.4) is 0 Å². The number of hydrogen-bond donors (Lipinski definition) is 1. The molecule has 0 spiro atoms. The first kappa shape index (κ1) is 8.97. The largest absolute Gasteiger partial charge is 0.322 e. The molecule has 1 aromatic rings. The zero-order valence-electron chi connectivity index (χ0n) is 6.06. The molecular weight excluding hydrogens is 180 g/mol. The third kappa shape index (κ3) is 1.92. The lowest BCUT2D eigenvalue weighted by atomic mass is 10.2. The van der Waals surface area contributed by atoms with Crippen LogP contribution in [0.2, 0.25) is 0 Å². The molecule has 62 valence electrons. The van der Waals surface area contributed by atoms with Crippen LogP contribution in [0.4, 0.5) is 0 Å². The summed E-state index contributed by atoms with van der Waals surface area (Å²) in [6.07, 6.45) is 4.41. The highest BCUT2D eigenvalue weighted by Crippen LogP contribution is 2.39. The molecule has 1 aromatic heterocycles. The number of aromatic nitrogens is 1. The highest BCUT2D eigenvalue weighted by molar-refractivity contribution is 7.09. The maximum absolute atomic E-state index is 5.89. The van der Waals surface area contributed by atoms with Crippen molar-refractivity contribution in [2.75, 3.05) is 0 Å². The number of nitrogens with two attached hydrogens (primary N) is 1. The molecule has 11 heavy (non-hydrogen) atoms. The van der Waals surface area contributed by atoms with Gasteiger partial charge in [-0.15, -0.1) is 23.7 Å². The summed E-state index contributed by atoms with van der Waals surface area (Å²) in [7, 11) is 0. The minimum Gasteiger partial charge on any atom is -0.322 e. The second-order valence-electron chi connectivity index (χ2n) is 2.73. The van der Waals surface area contributed by atoms with Crippen LogP contribution in [0, 0.1) is 5.92 Å². The molecule has 1 saturated carbocycles. The second kappa shape index (κ2) is 3.52. The normalized spacial score (nSPS) is 19.0. The van der Waals surface area contributed by atoms with Crippen LogP contribution >= 0.6 is 23.7 Å². The van der Waals surface area contributed by atoms with Gasteiger partial charge < -0.3 is 5.73 Å². The zero-order chi connectivity index (χ0) is 6.97. The first-order chi connectivity index (χ1) is 4.88. The Morgan fingerprint density at radius 2 is 2.36 bits per heavy atom. The first-order valence-electron chi connectivity index (χ1n) is 3.53. The van der Waals surface area contributed by atoms with Crippen molar-refractivity contribution in [3.8, 4) is 0 Å². The molecule has 2 nitrogen and oxygen atoms in total. The Kier molecular flexibility index (Phi) is 2.87. The summed E-state index contributed by atoms with van der Waals surface area (Å²) in [5.74, 6) is 0.728. The highest BCUT2D eigenvalue weighted by Gasteiger charge is 2.30. The van der Waals surface area contributed by atoms with Gasteiger partial charge in [-0.25, -0.2) is 4.98 Å². The Balaban J connectivity index is 0.000000605. The molecule has 0 amide bonds. The maximum Gasteiger partial charge on any atom is 0.110 e. The molecule has 2 N–H and O–H groups in total. The summed E-state index contributed by atoms with van der Waals surface area (Å²) in [6.45, 7) is 0. The fraction of sp³-hybridized carbons (Fsp3) is 0.571. The van der Waals surface area contributed by atoms with Gasteiger partial charge in [0.2, 0.25) is 0 Å². The minimum absolute atomic E-state index is 0. The molecule has 2 rings (SSSR count). The molecule has 1 atom stereocenters. The van der Waals surface area contributed by atoms with E-state index in [-0.39, 0.29) is 18.4 Å². The van der Waals surface area contributed by atoms with Gasteiger partial charge in [-0.1, -0.05) is 0 Å². The summed E-state index contributed by atoms with van der Waals surface area (Å²) < 4.78 is 0. The lowest BCUT2D eigenvalue weighted by Gasteiger charge is -2.03. The SMILES string of the molecule is Cl.NC(c1nccs1)C1CC1. The Morgan fingerprint density at radius 3 is 2.82 bits per heavy atom. The molecule has 1 heterocycles. The van der Waals surface area contributed by atoms with Crippen molar-refractivity contribution in [1.29, 1.82) is 0 Å². The van der Waals surface area contributed by atoms with E-state index < -0.39 is 0 Å². The van der Waals surface area contributed by atoms with E-state index >= 15 is 0 Å². The number of rotatable bonds is 2. The molecule has 4 heteroatoms. The molecule has 0 radical (unpaired) electrons. The van der Waals surface area contributed by atoms with Gasteiger partial charge in [-0.2, -0.15) is 0 Å². The van der Waals surface area contributed by atoms with Crippen LogP contribution in [-0.2, 0) is 0 Å². The lowest BCUT2D eigenvalue weighted by molar-refractivity contribution is 0.629. The summed E-state index contributed by atoms with van der Waals surface area (Å²) >= 11 is 1.66. The lowest BCUT2D eigenvalue weighted by Crippen LogP contribution is -2.11. The fourth-order valence-electron chi connectivity index (χ4n) is 1.06. The molecule has 0 aromatic carbocycles. The van der Waals surface area contributed by atoms with E-state index in [0.717, 1.165) is 10.9 Å². The first-order valence-corrected chi connectivity index (χ1v) is 4.41. The summed E-state index contributed by atoms with van der Waals surface area (Å²) in [6, 6.07) is 0.222. The monoisotopic (exact) mass is 190 g/mol. The van der Waals surface area contributed by atoms with Crippen molar-refractivity contribution in [3.05, 3.63) is 16.6 Å². The molecule has 0 bridgehead atoms. The minimum atomic E-state index is 0. The van der Waals surface area contributed by atoms with E-state index in [1.807, 2.05) is 11.6 Å². The molecule has 1 aliphatic rings. The smallest absolute Gasteiger partial charge is 0.110 e. The summed E-state index contributed by atoms with van der Waals surface area (Å²) in [4.78, 5) is 4.17. The van der Waals surface area contributed by atoms with Crippen molar-refractivity contribution >= 4 is 23.7 Å². The van der Waals surface area contributed by atoms with Gasteiger partial charge in [0.25, 0.3) is 0 Å². The van der Waals surface area contributed by atoms with E-state index in [1.54, 1.807) is 11.3 Å². The molecule has 1 aliphatic carbocycles. The van der Waals surface area contributed by atoms with E-state index in [9.17, 15) is 0 Å². The molecule has 0 saturated heterocycles. The second-order valence-corrected chi connectivity index (χ2v) is 3.66. The average Bonchev–Trinajstić information content (AvgIpc) is 2.65. The van der Waals surface area contributed by atoms with Gasteiger partial charge in [-0.3, -0.25) is 0 Å². The standard InChI is InChI=1S/C7H10N2S.ClH/c8-6(5-1-2-5)7-9-3-4-10-7;/h3-6H,1-2,8H2;1H. The predicted molar refractivity (Wildman–Crippen MR) is 49.0 cm³/mol. The van der Waals surface area contributed by atoms with Crippen LogP contribution < -0.4 is 5.73 Å². The van der Waals surface area contributed by atoms with Gasteiger partial charge in [-0.05, 0) is 18.8 Å². The molecular formula is C7H11ClN2S. The van der Waals surface area contributed by atoms with Crippen molar-refractivity contribution in [2.24, 2.45) is 11.7 Å². The van der Waals surface area contributed by atoms with Crippen molar-refractivity contribution in [3.63, 3.8) is 0 Å². The molecule has 1 unspecified atom stereocenters. The Hall–Kier alpha value is -0.120. The predicted octanol–water partition coefficient (Wildman–Crippen LogP) is 1.97. The summed E-state index contributed by atoms with van der Waals surface area (Å²) in [5.41, 5.74) is 5.89. The topological polar surface area (TPSA) is 38.9 Å². The molecule has 0 aliphatic heterocycles. The highest BCUT2D eigenvalue weighted by atomic mass is 35.5. The average molecular weight is 191 g/mol. The van der Waals surface area contributed by atoms with E-state index in [1.165, 1.54) is 12.8 Å². The van der Waals surface area contributed by atoms with E-state index in [4.69, 9.17) is 5.73 Å². The van der Waals surface area contributed by atoms with Crippen LogP contribution in [0.5, 0.6) is 0 Å². The fourth-order valence-corrected chi connectivity index (χ4v) is 1.79. The van der Waals surface area contributed by atoms with E-state index in [0.29, 0.717) is 0 Å². The zero-order valence-corrected chi connectivity index (χ0v) is 7.70. The van der Waals surface area contributed by atoms with Crippen molar-refractivity contribution in [1.82, 2.24) is 4.98 Å². The van der Waals surface area contributed by atoms with Crippen molar-refractivity contribution < 1.29 is 0 Å². The number of nitrogens with zero attached hydrogens (tertiary/aromatic N) is 1. The maximum atomic E-state index is 5.89. The Bertz CT molecular complexity index is 208. The van der Waals surface area contributed by atoms with Crippen molar-refractivity contribution in [2.45, 2.75) is 18.9 Å². The van der Waals surface area contributed by atoms with Crippen LogP contribution in [0.25, 0.3) is 0 Å². The van der Waals surface area contributed by atoms with Crippen LogP contribution in [0.15, 0.2) is 11.6 Å². The number of thiazole rings is 1. The third-order valence-corrected chi connectivity index (χ3v) is 2.74.